The van der Waals surface area contributed by atoms with E-state index in [0.29, 0.717) is 22.9 Å². The SMILES string of the molecule is COc1cc(Cl)ccc1C(=O)NCCCc1nc(C)cs1. The second-order valence-corrected chi connectivity index (χ2v) is 5.97. The zero-order chi connectivity index (χ0) is 15.2. The lowest BCUT2D eigenvalue weighted by Gasteiger charge is -2.09. The van der Waals surface area contributed by atoms with Crippen molar-refractivity contribution in [1.29, 1.82) is 0 Å². The number of carbonyl (C=O) groups is 1. The summed E-state index contributed by atoms with van der Waals surface area (Å²) in [6.07, 6.45) is 1.73. The summed E-state index contributed by atoms with van der Waals surface area (Å²) in [6, 6.07) is 4.98. The summed E-state index contributed by atoms with van der Waals surface area (Å²) in [4.78, 5) is 16.5. The van der Waals surface area contributed by atoms with Crippen LogP contribution in [0.25, 0.3) is 0 Å². The fraction of sp³-hybridized carbons (Fsp3) is 0.333. The maximum absolute atomic E-state index is 12.1. The van der Waals surface area contributed by atoms with Crippen molar-refractivity contribution in [2.24, 2.45) is 0 Å². The number of amides is 1. The van der Waals surface area contributed by atoms with Crippen LogP contribution in [0.4, 0.5) is 0 Å². The number of nitrogens with zero attached hydrogens (tertiary/aromatic N) is 1. The second kappa shape index (κ2) is 7.43. The number of nitrogens with one attached hydrogen (secondary N) is 1. The van der Waals surface area contributed by atoms with Crippen molar-refractivity contribution >= 4 is 28.8 Å². The molecular weight excluding hydrogens is 308 g/mol. The van der Waals surface area contributed by atoms with Gasteiger partial charge in [-0.3, -0.25) is 4.79 Å². The quantitative estimate of drug-likeness (QED) is 0.828. The fourth-order valence-electron chi connectivity index (χ4n) is 1.91. The van der Waals surface area contributed by atoms with Crippen LogP contribution in [-0.2, 0) is 6.42 Å². The van der Waals surface area contributed by atoms with Crippen LogP contribution >= 0.6 is 22.9 Å². The Bertz CT molecular complexity index is 628. The number of carbonyl (C=O) groups excluding carboxylic acids is 1. The third-order valence-corrected chi connectivity index (χ3v) is 4.19. The average molecular weight is 325 g/mol. The van der Waals surface area contributed by atoms with Gasteiger partial charge in [-0.1, -0.05) is 11.6 Å². The van der Waals surface area contributed by atoms with Gasteiger partial charge in [-0.15, -0.1) is 11.3 Å². The first-order valence-corrected chi connectivity index (χ1v) is 7.88. The Labute approximate surface area is 133 Å². The highest BCUT2D eigenvalue weighted by Gasteiger charge is 2.12. The molecule has 112 valence electrons. The van der Waals surface area contributed by atoms with Gasteiger partial charge in [-0.2, -0.15) is 0 Å². The normalized spacial score (nSPS) is 10.4. The molecule has 0 fully saturated rings. The number of thiazole rings is 1. The van der Waals surface area contributed by atoms with E-state index >= 15 is 0 Å². The largest absolute Gasteiger partial charge is 0.496 e. The Kier molecular flexibility index (Phi) is 5.59. The van der Waals surface area contributed by atoms with E-state index in [4.69, 9.17) is 16.3 Å². The molecule has 0 aliphatic heterocycles. The van der Waals surface area contributed by atoms with E-state index in [1.165, 1.54) is 7.11 Å². The third kappa shape index (κ3) is 4.44. The monoisotopic (exact) mass is 324 g/mol. The summed E-state index contributed by atoms with van der Waals surface area (Å²) in [6.45, 7) is 2.58. The fourth-order valence-corrected chi connectivity index (χ4v) is 2.89. The molecule has 0 saturated heterocycles. The van der Waals surface area contributed by atoms with Crippen molar-refractivity contribution in [3.63, 3.8) is 0 Å². The molecule has 21 heavy (non-hydrogen) atoms. The van der Waals surface area contributed by atoms with Gasteiger partial charge in [-0.25, -0.2) is 4.98 Å². The van der Waals surface area contributed by atoms with E-state index in [-0.39, 0.29) is 5.91 Å². The molecule has 0 saturated carbocycles. The van der Waals surface area contributed by atoms with Gasteiger partial charge in [0.25, 0.3) is 5.91 Å². The highest BCUT2D eigenvalue weighted by atomic mass is 35.5. The number of halogens is 1. The van der Waals surface area contributed by atoms with E-state index in [1.807, 2.05) is 12.3 Å². The van der Waals surface area contributed by atoms with Gasteiger partial charge in [0.2, 0.25) is 0 Å². The Balaban J connectivity index is 1.84. The molecule has 1 N–H and O–H groups in total. The number of rotatable bonds is 6. The van der Waals surface area contributed by atoms with Crippen molar-refractivity contribution in [2.45, 2.75) is 19.8 Å². The number of methoxy groups -OCH3 is 1. The highest BCUT2D eigenvalue weighted by molar-refractivity contribution is 7.09. The first-order chi connectivity index (χ1) is 10.1. The van der Waals surface area contributed by atoms with Crippen LogP contribution in [0.5, 0.6) is 5.75 Å². The van der Waals surface area contributed by atoms with Gasteiger partial charge >= 0.3 is 0 Å². The number of aromatic nitrogens is 1. The van der Waals surface area contributed by atoms with E-state index in [9.17, 15) is 4.79 Å². The predicted molar refractivity (Wildman–Crippen MR) is 85.5 cm³/mol. The van der Waals surface area contributed by atoms with Gasteiger partial charge in [0, 0.05) is 29.1 Å². The Morgan fingerprint density at radius 3 is 2.95 bits per heavy atom. The van der Waals surface area contributed by atoms with Crippen molar-refractivity contribution in [3.05, 3.63) is 44.9 Å². The minimum atomic E-state index is -0.154. The van der Waals surface area contributed by atoms with Crippen molar-refractivity contribution in [1.82, 2.24) is 10.3 Å². The topological polar surface area (TPSA) is 51.2 Å². The Morgan fingerprint density at radius 1 is 1.48 bits per heavy atom. The van der Waals surface area contributed by atoms with Crippen LogP contribution in [0, 0.1) is 6.92 Å². The zero-order valence-electron chi connectivity index (χ0n) is 12.0. The van der Waals surface area contributed by atoms with Crippen LogP contribution in [0.3, 0.4) is 0 Å². The summed E-state index contributed by atoms with van der Waals surface area (Å²) in [5, 5.41) is 6.57. The van der Waals surface area contributed by atoms with Gasteiger partial charge in [0.15, 0.2) is 0 Å². The lowest BCUT2D eigenvalue weighted by molar-refractivity contribution is 0.0950. The van der Waals surface area contributed by atoms with Crippen LogP contribution in [0.2, 0.25) is 5.02 Å². The molecule has 6 heteroatoms. The molecule has 0 unspecified atom stereocenters. The molecule has 0 aliphatic rings. The minimum absolute atomic E-state index is 0.154. The number of hydrogen-bond donors (Lipinski definition) is 1. The summed E-state index contributed by atoms with van der Waals surface area (Å²) in [5.74, 6) is 0.328. The van der Waals surface area contributed by atoms with Crippen molar-refractivity contribution in [3.8, 4) is 5.75 Å². The third-order valence-electron chi connectivity index (χ3n) is 2.93. The minimum Gasteiger partial charge on any atom is -0.496 e. The summed E-state index contributed by atoms with van der Waals surface area (Å²) >= 11 is 7.53. The molecule has 0 atom stereocenters. The highest BCUT2D eigenvalue weighted by Crippen LogP contribution is 2.22. The molecule has 0 aliphatic carbocycles. The number of benzene rings is 1. The molecule has 1 aromatic heterocycles. The maximum Gasteiger partial charge on any atom is 0.255 e. The van der Waals surface area contributed by atoms with E-state index in [0.717, 1.165) is 23.5 Å². The van der Waals surface area contributed by atoms with E-state index < -0.39 is 0 Å². The molecule has 0 radical (unpaired) electrons. The summed E-state index contributed by atoms with van der Waals surface area (Å²) < 4.78 is 5.17. The predicted octanol–water partition coefficient (Wildman–Crippen LogP) is 3.48. The van der Waals surface area contributed by atoms with Crippen LogP contribution in [0.15, 0.2) is 23.6 Å². The Hall–Kier alpha value is -1.59. The number of aryl methyl sites for hydroxylation is 2. The molecular formula is C15H17ClN2O2S. The van der Waals surface area contributed by atoms with Gasteiger partial charge in [0.1, 0.15) is 5.75 Å². The molecule has 0 spiro atoms. The van der Waals surface area contributed by atoms with Crippen LogP contribution < -0.4 is 10.1 Å². The molecule has 4 nitrogen and oxygen atoms in total. The molecule has 2 aromatic rings. The molecule has 1 amide bonds. The summed E-state index contributed by atoms with van der Waals surface area (Å²) in [7, 11) is 1.52. The zero-order valence-corrected chi connectivity index (χ0v) is 13.6. The van der Waals surface area contributed by atoms with E-state index in [2.05, 4.69) is 10.3 Å². The van der Waals surface area contributed by atoms with Gasteiger partial charge in [0.05, 0.1) is 17.7 Å². The second-order valence-electron chi connectivity index (χ2n) is 4.59. The average Bonchev–Trinajstić information content (AvgIpc) is 2.88. The van der Waals surface area contributed by atoms with Crippen molar-refractivity contribution in [2.75, 3.05) is 13.7 Å². The molecule has 2 rings (SSSR count). The van der Waals surface area contributed by atoms with E-state index in [1.54, 1.807) is 29.5 Å². The first kappa shape index (κ1) is 15.8. The van der Waals surface area contributed by atoms with Crippen LogP contribution in [0.1, 0.15) is 27.5 Å². The Morgan fingerprint density at radius 2 is 2.29 bits per heavy atom. The van der Waals surface area contributed by atoms with Gasteiger partial charge < -0.3 is 10.1 Å². The molecule has 1 aromatic carbocycles. The van der Waals surface area contributed by atoms with Crippen molar-refractivity contribution < 1.29 is 9.53 Å². The first-order valence-electron chi connectivity index (χ1n) is 6.63. The smallest absolute Gasteiger partial charge is 0.255 e. The summed E-state index contributed by atoms with van der Waals surface area (Å²) in [5.41, 5.74) is 1.54. The van der Waals surface area contributed by atoms with Gasteiger partial charge in [-0.05, 0) is 31.5 Å². The standard InChI is InChI=1S/C15H17ClN2O2S/c1-10-9-21-14(18-10)4-3-7-17-15(19)12-6-5-11(16)8-13(12)20-2/h5-6,8-9H,3-4,7H2,1-2H3,(H,17,19). The lowest BCUT2D eigenvalue weighted by Crippen LogP contribution is -2.25. The lowest BCUT2D eigenvalue weighted by atomic mass is 10.2. The maximum atomic E-state index is 12.1. The number of ether oxygens (including phenoxy) is 1. The molecule has 1 heterocycles. The van der Waals surface area contributed by atoms with Crippen LogP contribution in [-0.4, -0.2) is 24.5 Å². The molecule has 0 bridgehead atoms. The number of hydrogen-bond acceptors (Lipinski definition) is 4.